The number of rotatable bonds is 2. The maximum atomic E-state index is 6.25. The SMILES string of the molecule is Clc1ccc(-c2c(Cl)nc(-c3ccncn3)nc2Cl)cc1. The van der Waals surface area contributed by atoms with Gasteiger partial charge in [-0.05, 0) is 23.8 Å². The highest BCUT2D eigenvalue weighted by Crippen LogP contribution is 2.34. The van der Waals surface area contributed by atoms with Gasteiger partial charge in [-0.1, -0.05) is 46.9 Å². The Labute approximate surface area is 135 Å². The van der Waals surface area contributed by atoms with E-state index in [0.717, 1.165) is 5.56 Å². The van der Waals surface area contributed by atoms with Crippen molar-refractivity contribution in [2.45, 2.75) is 0 Å². The molecule has 2 aromatic heterocycles. The Hall–Kier alpha value is -1.75. The van der Waals surface area contributed by atoms with Gasteiger partial charge in [0.05, 0.1) is 5.56 Å². The van der Waals surface area contributed by atoms with E-state index in [1.54, 1.807) is 24.4 Å². The molecule has 0 aliphatic heterocycles. The second-order valence-electron chi connectivity index (χ2n) is 4.11. The fraction of sp³-hybridized carbons (Fsp3) is 0. The minimum atomic E-state index is 0.255. The minimum Gasteiger partial charge on any atom is -0.245 e. The highest BCUT2D eigenvalue weighted by molar-refractivity contribution is 6.38. The van der Waals surface area contributed by atoms with Crippen LogP contribution in [0.3, 0.4) is 0 Å². The van der Waals surface area contributed by atoms with E-state index in [9.17, 15) is 0 Å². The molecule has 0 atom stereocenters. The molecule has 4 nitrogen and oxygen atoms in total. The summed E-state index contributed by atoms with van der Waals surface area (Å²) in [6.07, 6.45) is 3.01. The van der Waals surface area contributed by atoms with Gasteiger partial charge in [-0.15, -0.1) is 0 Å². The third-order valence-electron chi connectivity index (χ3n) is 2.76. The molecule has 0 fully saturated rings. The Morgan fingerprint density at radius 3 is 2.05 bits per heavy atom. The molecule has 0 N–H and O–H groups in total. The number of aromatic nitrogens is 4. The zero-order valence-corrected chi connectivity index (χ0v) is 12.7. The average molecular weight is 338 g/mol. The van der Waals surface area contributed by atoms with E-state index in [-0.39, 0.29) is 10.3 Å². The monoisotopic (exact) mass is 336 g/mol. The summed E-state index contributed by atoms with van der Waals surface area (Å²) in [6, 6.07) is 8.81. The van der Waals surface area contributed by atoms with Crippen LogP contribution in [0.1, 0.15) is 0 Å². The Kier molecular flexibility index (Phi) is 4.01. The largest absolute Gasteiger partial charge is 0.245 e. The first-order chi connectivity index (χ1) is 10.1. The highest BCUT2D eigenvalue weighted by atomic mass is 35.5. The highest BCUT2D eigenvalue weighted by Gasteiger charge is 2.15. The normalized spacial score (nSPS) is 10.6. The summed E-state index contributed by atoms with van der Waals surface area (Å²) >= 11 is 18.4. The van der Waals surface area contributed by atoms with Crippen LogP contribution >= 0.6 is 34.8 Å². The second-order valence-corrected chi connectivity index (χ2v) is 5.26. The summed E-state index contributed by atoms with van der Waals surface area (Å²) < 4.78 is 0. The zero-order valence-electron chi connectivity index (χ0n) is 10.5. The molecule has 0 radical (unpaired) electrons. The van der Waals surface area contributed by atoms with E-state index in [4.69, 9.17) is 34.8 Å². The summed E-state index contributed by atoms with van der Waals surface area (Å²) in [6.45, 7) is 0. The quantitative estimate of drug-likeness (QED) is 0.643. The van der Waals surface area contributed by atoms with E-state index in [2.05, 4.69) is 19.9 Å². The summed E-state index contributed by atoms with van der Waals surface area (Å²) in [5.41, 5.74) is 1.91. The van der Waals surface area contributed by atoms with Gasteiger partial charge < -0.3 is 0 Å². The summed E-state index contributed by atoms with van der Waals surface area (Å²) in [5.74, 6) is 0.352. The fourth-order valence-electron chi connectivity index (χ4n) is 1.80. The van der Waals surface area contributed by atoms with Crippen molar-refractivity contribution in [1.29, 1.82) is 0 Å². The van der Waals surface area contributed by atoms with E-state index >= 15 is 0 Å². The predicted octanol–water partition coefficient (Wildman–Crippen LogP) is 4.56. The van der Waals surface area contributed by atoms with Gasteiger partial charge in [0, 0.05) is 11.2 Å². The summed E-state index contributed by atoms with van der Waals surface area (Å²) in [7, 11) is 0. The first-order valence-corrected chi connectivity index (χ1v) is 7.04. The molecule has 0 aliphatic rings. The first-order valence-electron chi connectivity index (χ1n) is 5.90. The summed E-state index contributed by atoms with van der Waals surface area (Å²) in [5, 5.41) is 1.14. The van der Waals surface area contributed by atoms with Gasteiger partial charge in [0.2, 0.25) is 0 Å². The lowest BCUT2D eigenvalue weighted by Gasteiger charge is -2.08. The molecule has 1 aromatic carbocycles. The van der Waals surface area contributed by atoms with Crippen LogP contribution in [0.5, 0.6) is 0 Å². The van der Waals surface area contributed by atoms with E-state index in [1.807, 2.05) is 12.1 Å². The molecule has 21 heavy (non-hydrogen) atoms. The van der Waals surface area contributed by atoms with Crippen LogP contribution in [0.4, 0.5) is 0 Å². The van der Waals surface area contributed by atoms with E-state index in [1.165, 1.54) is 6.33 Å². The van der Waals surface area contributed by atoms with Gasteiger partial charge in [0.15, 0.2) is 5.82 Å². The molecule has 2 heterocycles. The minimum absolute atomic E-state index is 0.255. The first kappa shape index (κ1) is 14.2. The standard InChI is InChI=1S/C14H7Cl3N4/c15-9-3-1-8(2-4-9)11-12(16)20-14(21-13(11)17)10-5-6-18-7-19-10/h1-7H. The molecular weight excluding hydrogens is 331 g/mol. The Balaban J connectivity index is 2.11. The van der Waals surface area contributed by atoms with Gasteiger partial charge in [-0.2, -0.15) is 0 Å². The third-order valence-corrected chi connectivity index (χ3v) is 3.56. The Morgan fingerprint density at radius 1 is 0.810 bits per heavy atom. The molecule has 0 saturated heterocycles. The lowest BCUT2D eigenvalue weighted by Crippen LogP contribution is -1.96. The maximum absolute atomic E-state index is 6.25. The molecule has 0 spiro atoms. The number of halogens is 3. The van der Waals surface area contributed by atoms with Gasteiger partial charge >= 0.3 is 0 Å². The molecule has 3 aromatic rings. The maximum Gasteiger partial charge on any atom is 0.181 e. The number of benzene rings is 1. The lowest BCUT2D eigenvalue weighted by molar-refractivity contribution is 1.10. The zero-order chi connectivity index (χ0) is 14.8. The van der Waals surface area contributed by atoms with Crippen molar-refractivity contribution >= 4 is 34.8 Å². The Morgan fingerprint density at radius 2 is 1.48 bits per heavy atom. The van der Waals surface area contributed by atoms with Crippen LogP contribution in [0.2, 0.25) is 15.3 Å². The van der Waals surface area contributed by atoms with Gasteiger partial charge in [-0.25, -0.2) is 19.9 Å². The van der Waals surface area contributed by atoms with Crippen molar-refractivity contribution in [3.05, 3.63) is 58.2 Å². The van der Waals surface area contributed by atoms with Gasteiger partial charge in [-0.3, -0.25) is 0 Å². The van der Waals surface area contributed by atoms with Crippen molar-refractivity contribution in [3.63, 3.8) is 0 Å². The van der Waals surface area contributed by atoms with Crippen molar-refractivity contribution in [1.82, 2.24) is 19.9 Å². The fourth-order valence-corrected chi connectivity index (χ4v) is 2.53. The molecule has 0 bridgehead atoms. The number of hydrogen-bond acceptors (Lipinski definition) is 4. The summed E-state index contributed by atoms with van der Waals surface area (Å²) in [4.78, 5) is 16.4. The van der Waals surface area contributed by atoms with Crippen molar-refractivity contribution in [2.75, 3.05) is 0 Å². The lowest BCUT2D eigenvalue weighted by atomic mass is 10.1. The molecule has 0 unspecified atom stereocenters. The van der Waals surface area contributed by atoms with Crippen molar-refractivity contribution in [3.8, 4) is 22.6 Å². The van der Waals surface area contributed by atoms with Crippen LogP contribution in [0.25, 0.3) is 22.6 Å². The van der Waals surface area contributed by atoms with Gasteiger partial charge in [0.25, 0.3) is 0 Å². The van der Waals surface area contributed by atoms with E-state index < -0.39 is 0 Å². The number of hydrogen-bond donors (Lipinski definition) is 0. The van der Waals surface area contributed by atoms with Crippen LogP contribution < -0.4 is 0 Å². The van der Waals surface area contributed by atoms with Crippen molar-refractivity contribution < 1.29 is 0 Å². The topological polar surface area (TPSA) is 51.6 Å². The molecule has 7 heteroatoms. The third kappa shape index (κ3) is 2.97. The molecular formula is C14H7Cl3N4. The molecule has 0 amide bonds. The smallest absolute Gasteiger partial charge is 0.181 e. The average Bonchev–Trinajstić information content (AvgIpc) is 2.49. The van der Waals surface area contributed by atoms with E-state index in [0.29, 0.717) is 22.1 Å². The van der Waals surface area contributed by atoms with Crippen LogP contribution in [0.15, 0.2) is 42.9 Å². The van der Waals surface area contributed by atoms with Crippen LogP contribution in [-0.2, 0) is 0 Å². The van der Waals surface area contributed by atoms with Crippen molar-refractivity contribution in [2.24, 2.45) is 0 Å². The molecule has 104 valence electrons. The van der Waals surface area contributed by atoms with Crippen LogP contribution in [0, 0.1) is 0 Å². The Bertz CT molecular complexity index is 753. The van der Waals surface area contributed by atoms with Gasteiger partial charge in [0.1, 0.15) is 22.3 Å². The predicted molar refractivity (Wildman–Crippen MR) is 83.5 cm³/mol. The number of nitrogens with zero attached hydrogens (tertiary/aromatic N) is 4. The molecule has 0 saturated carbocycles. The molecule has 3 rings (SSSR count). The second kappa shape index (κ2) is 5.93. The molecule has 0 aliphatic carbocycles. The van der Waals surface area contributed by atoms with Crippen LogP contribution in [-0.4, -0.2) is 19.9 Å².